The van der Waals surface area contributed by atoms with Crippen molar-refractivity contribution in [3.05, 3.63) is 0 Å². The third-order valence-electron chi connectivity index (χ3n) is 0.645. The summed E-state index contributed by atoms with van der Waals surface area (Å²) >= 11 is 0. The molecule has 0 spiro atoms. The summed E-state index contributed by atoms with van der Waals surface area (Å²) in [6, 6.07) is 0. The Morgan fingerprint density at radius 1 is 1.70 bits per heavy atom. The van der Waals surface area contributed by atoms with E-state index in [1.54, 1.807) is 20.8 Å². The van der Waals surface area contributed by atoms with E-state index >= 15 is 0 Å². The predicted molar refractivity (Wildman–Crippen MR) is 39.9 cm³/mol. The topological polar surface area (TPSA) is 38.3 Å². The van der Waals surface area contributed by atoms with Crippen LogP contribution in [-0.4, -0.2) is 18.2 Å². The number of hydrogen-bond donors (Lipinski definition) is 1. The van der Waals surface area contributed by atoms with Crippen LogP contribution in [0.25, 0.3) is 0 Å². The standard InChI is InChI=1S/C7H15NO2/c1-5-8-6(9)10-7(2,3)4/h5H2,1-4H3,(H,8,9)/i1D2. The zero-order valence-electron chi connectivity index (χ0n) is 8.60. The van der Waals surface area contributed by atoms with Gasteiger partial charge in [-0.3, -0.25) is 0 Å². The molecule has 0 rings (SSSR count). The van der Waals surface area contributed by atoms with Crippen molar-refractivity contribution in [2.75, 3.05) is 6.54 Å². The molecule has 0 bridgehead atoms. The van der Waals surface area contributed by atoms with E-state index in [-0.39, 0.29) is 6.54 Å². The molecular formula is C7H15NO2. The second kappa shape index (κ2) is 3.44. The van der Waals surface area contributed by atoms with Crippen molar-refractivity contribution in [3.63, 3.8) is 0 Å². The molecule has 0 aliphatic rings. The van der Waals surface area contributed by atoms with Gasteiger partial charge in [0.2, 0.25) is 0 Å². The lowest BCUT2D eigenvalue weighted by Gasteiger charge is -2.19. The first-order valence-corrected chi connectivity index (χ1v) is 3.12. The van der Waals surface area contributed by atoms with Crippen LogP contribution in [-0.2, 0) is 4.74 Å². The molecule has 0 saturated carbocycles. The molecule has 3 heteroatoms. The highest BCUT2D eigenvalue weighted by molar-refractivity contribution is 5.67. The number of alkyl carbamates (subject to hydrolysis) is 1. The van der Waals surface area contributed by atoms with Gasteiger partial charge >= 0.3 is 6.09 Å². The number of hydrogen-bond acceptors (Lipinski definition) is 2. The highest BCUT2D eigenvalue weighted by Gasteiger charge is 2.14. The summed E-state index contributed by atoms with van der Waals surface area (Å²) < 4.78 is 18.5. The first-order chi connectivity index (χ1) is 5.31. The lowest BCUT2D eigenvalue weighted by molar-refractivity contribution is 0.0531. The number of nitrogens with one attached hydrogen (secondary N) is 1. The zero-order valence-corrected chi connectivity index (χ0v) is 6.60. The third-order valence-corrected chi connectivity index (χ3v) is 0.645. The van der Waals surface area contributed by atoms with Gasteiger partial charge in [-0.1, -0.05) is 0 Å². The van der Waals surface area contributed by atoms with Crippen molar-refractivity contribution >= 4 is 6.09 Å². The molecule has 0 fully saturated rings. The van der Waals surface area contributed by atoms with Crippen LogP contribution in [0.3, 0.4) is 0 Å². The van der Waals surface area contributed by atoms with Crippen LogP contribution >= 0.6 is 0 Å². The van der Waals surface area contributed by atoms with Crippen molar-refractivity contribution < 1.29 is 12.3 Å². The van der Waals surface area contributed by atoms with Gasteiger partial charge in [0.1, 0.15) is 5.60 Å². The molecule has 0 unspecified atom stereocenters. The Kier molecular flexibility index (Phi) is 2.07. The van der Waals surface area contributed by atoms with Gasteiger partial charge in [-0.2, -0.15) is 0 Å². The molecule has 0 heterocycles. The molecule has 0 aliphatic heterocycles. The van der Waals surface area contributed by atoms with Crippen LogP contribution in [0, 0.1) is 0 Å². The van der Waals surface area contributed by atoms with E-state index in [2.05, 4.69) is 5.32 Å². The van der Waals surface area contributed by atoms with Crippen molar-refractivity contribution in [1.82, 2.24) is 5.32 Å². The zero-order chi connectivity index (χ0) is 9.78. The fourth-order valence-electron chi connectivity index (χ4n) is 0.398. The van der Waals surface area contributed by atoms with E-state index in [1.165, 1.54) is 0 Å². The van der Waals surface area contributed by atoms with Crippen LogP contribution in [0.4, 0.5) is 4.79 Å². The Morgan fingerprint density at radius 2 is 2.30 bits per heavy atom. The maximum atomic E-state index is 10.9. The number of ether oxygens (including phenoxy) is 1. The van der Waals surface area contributed by atoms with Crippen LogP contribution in [0.2, 0.25) is 0 Å². The molecule has 1 N–H and O–H groups in total. The Bertz CT molecular complexity index is 154. The lowest BCUT2D eigenvalue weighted by atomic mass is 10.2. The summed E-state index contributed by atoms with van der Waals surface area (Å²) in [6.45, 7) is 4.22. The summed E-state index contributed by atoms with van der Waals surface area (Å²) in [5, 5.41) is 2.30. The smallest absolute Gasteiger partial charge is 0.407 e. The molecule has 1 amide bonds. The number of carbonyl (C=O) groups excluding carboxylic acids is 1. The molecule has 0 radical (unpaired) electrons. The molecule has 0 atom stereocenters. The Morgan fingerprint density at radius 3 is 2.70 bits per heavy atom. The van der Waals surface area contributed by atoms with E-state index in [4.69, 9.17) is 7.48 Å². The van der Waals surface area contributed by atoms with Crippen molar-refractivity contribution in [2.24, 2.45) is 0 Å². The average Bonchev–Trinajstić information content (AvgIpc) is 1.79. The summed E-state index contributed by atoms with van der Waals surface area (Å²) in [5.41, 5.74) is -0.524. The largest absolute Gasteiger partial charge is 0.444 e. The van der Waals surface area contributed by atoms with Crippen LogP contribution in [0.5, 0.6) is 0 Å². The first kappa shape index (κ1) is 6.01. The average molecular weight is 147 g/mol. The minimum absolute atomic E-state index is 0.00505. The minimum Gasteiger partial charge on any atom is -0.444 e. The highest BCUT2D eigenvalue weighted by atomic mass is 16.6. The van der Waals surface area contributed by atoms with Crippen LogP contribution in [0.1, 0.15) is 30.4 Å². The maximum Gasteiger partial charge on any atom is 0.407 e. The quantitative estimate of drug-likeness (QED) is 0.610. The monoisotopic (exact) mass is 147 g/mol. The van der Waals surface area contributed by atoms with E-state index in [0.717, 1.165) is 0 Å². The molecule has 0 aromatic carbocycles. The van der Waals surface area contributed by atoms with Gasteiger partial charge in [-0.25, -0.2) is 4.79 Å². The maximum absolute atomic E-state index is 10.9. The van der Waals surface area contributed by atoms with Crippen LogP contribution in [0.15, 0.2) is 0 Å². The molecule has 0 saturated heterocycles. The van der Waals surface area contributed by atoms with Gasteiger partial charge in [0, 0.05) is 9.29 Å². The van der Waals surface area contributed by atoms with Gasteiger partial charge < -0.3 is 10.1 Å². The first-order valence-electron chi connectivity index (χ1n) is 4.28. The minimum atomic E-state index is -1.04. The molecule has 3 nitrogen and oxygen atoms in total. The van der Waals surface area contributed by atoms with E-state index in [9.17, 15) is 4.79 Å². The SMILES string of the molecule is [2H]C([2H])CNC(=O)OC(C)(C)C. The number of carbonyl (C=O) groups is 1. The van der Waals surface area contributed by atoms with Crippen molar-refractivity contribution in [3.8, 4) is 0 Å². The summed E-state index contributed by atoms with van der Waals surface area (Å²) in [6.07, 6.45) is -0.577. The van der Waals surface area contributed by atoms with E-state index < -0.39 is 18.6 Å². The predicted octanol–water partition coefficient (Wildman–Crippen LogP) is 1.53. The summed E-state index contributed by atoms with van der Waals surface area (Å²) in [5.74, 6) is 0. The molecule has 0 aliphatic carbocycles. The normalized spacial score (nSPS) is 14.0. The Labute approximate surface area is 64.6 Å². The van der Waals surface area contributed by atoms with Gasteiger partial charge in [-0.05, 0) is 27.6 Å². The third kappa shape index (κ3) is 5.41. The van der Waals surface area contributed by atoms with Gasteiger partial charge in [0.15, 0.2) is 0 Å². The van der Waals surface area contributed by atoms with Crippen molar-refractivity contribution in [2.45, 2.75) is 33.2 Å². The molecule has 0 aromatic heterocycles. The molecule has 0 aromatic rings. The number of amides is 1. The summed E-state index contributed by atoms with van der Waals surface area (Å²) in [7, 11) is 0. The van der Waals surface area contributed by atoms with E-state index in [0.29, 0.717) is 0 Å². The van der Waals surface area contributed by atoms with Gasteiger partial charge in [0.05, 0.1) is 0 Å². The van der Waals surface area contributed by atoms with Crippen LogP contribution < -0.4 is 5.32 Å². The fraction of sp³-hybridized carbons (Fsp3) is 0.857. The van der Waals surface area contributed by atoms with Gasteiger partial charge in [0.25, 0.3) is 0 Å². The summed E-state index contributed by atoms with van der Waals surface area (Å²) in [4.78, 5) is 10.9. The molecule has 10 heavy (non-hydrogen) atoms. The van der Waals surface area contributed by atoms with Crippen molar-refractivity contribution in [1.29, 1.82) is 0 Å². The second-order valence-electron chi connectivity index (χ2n) is 2.88. The number of rotatable bonds is 1. The highest BCUT2D eigenvalue weighted by Crippen LogP contribution is 2.05. The lowest BCUT2D eigenvalue weighted by Crippen LogP contribution is -2.32. The van der Waals surface area contributed by atoms with E-state index in [1.807, 2.05) is 0 Å². The molecular weight excluding hydrogens is 130 g/mol. The Balaban J connectivity index is 3.61. The fourth-order valence-corrected chi connectivity index (χ4v) is 0.398. The second-order valence-corrected chi connectivity index (χ2v) is 2.88. The molecule has 60 valence electrons. The van der Waals surface area contributed by atoms with Gasteiger partial charge in [-0.15, -0.1) is 0 Å². The Hall–Kier alpha value is -0.730.